The fraction of sp³-hybridized carbons (Fsp3) is 0.870. The molecule has 0 spiro atoms. The van der Waals surface area contributed by atoms with Crippen LogP contribution in [0.5, 0.6) is 0 Å². The van der Waals surface area contributed by atoms with Gasteiger partial charge in [-0.15, -0.1) is 11.6 Å². The van der Waals surface area contributed by atoms with Crippen molar-refractivity contribution in [3.8, 4) is 0 Å². The maximum absolute atomic E-state index is 12.8. The van der Waals surface area contributed by atoms with Crippen LogP contribution in [0, 0.1) is 17.8 Å². The Morgan fingerprint density at radius 1 is 1.16 bits per heavy atom. The number of halogens is 1. The number of hydrogen-bond acceptors (Lipinski definition) is 5. The molecule has 184 valence electrons. The van der Waals surface area contributed by atoms with Gasteiger partial charge in [0.25, 0.3) is 0 Å². The van der Waals surface area contributed by atoms with Gasteiger partial charge >= 0.3 is 0 Å². The van der Waals surface area contributed by atoms with E-state index in [0.29, 0.717) is 43.7 Å². The van der Waals surface area contributed by atoms with Crippen LogP contribution in [0.25, 0.3) is 0 Å². The maximum Gasteiger partial charge on any atom is 0.236 e. The Labute approximate surface area is 198 Å². The van der Waals surface area contributed by atoms with E-state index < -0.39 is 10.0 Å². The number of carbonyl (C=O) groups excluding carboxylic acids is 1. The van der Waals surface area contributed by atoms with E-state index in [4.69, 9.17) is 16.3 Å². The number of alkyl halides is 1. The van der Waals surface area contributed by atoms with Crippen molar-refractivity contribution < 1.29 is 17.9 Å². The predicted octanol–water partition coefficient (Wildman–Crippen LogP) is 2.86. The summed E-state index contributed by atoms with van der Waals surface area (Å²) in [4.78, 5) is 14.6. The highest BCUT2D eigenvalue weighted by Crippen LogP contribution is 2.43. The van der Waals surface area contributed by atoms with Crippen molar-refractivity contribution in [2.45, 2.75) is 81.9 Å². The summed E-state index contributed by atoms with van der Waals surface area (Å²) >= 11 is 6.84. The van der Waals surface area contributed by atoms with E-state index in [1.54, 1.807) is 7.11 Å². The molecule has 2 saturated carbocycles. The zero-order valence-corrected chi connectivity index (χ0v) is 21.0. The molecule has 2 N–H and O–H groups in total. The molecule has 3 aliphatic rings. The van der Waals surface area contributed by atoms with Crippen LogP contribution in [0.3, 0.4) is 0 Å². The van der Waals surface area contributed by atoms with E-state index in [9.17, 15) is 13.2 Å². The summed E-state index contributed by atoms with van der Waals surface area (Å²) in [6.45, 7) is 7.06. The monoisotopic (exact) mass is 489 g/mol. The molecule has 7 nitrogen and oxygen atoms in total. The molecule has 0 radical (unpaired) electrons. The smallest absolute Gasteiger partial charge is 0.236 e. The van der Waals surface area contributed by atoms with Crippen LogP contribution in [0.1, 0.15) is 58.3 Å². The van der Waals surface area contributed by atoms with Gasteiger partial charge in [0.05, 0.1) is 12.6 Å². The van der Waals surface area contributed by atoms with E-state index in [1.807, 2.05) is 4.90 Å². The third-order valence-electron chi connectivity index (χ3n) is 7.84. The van der Waals surface area contributed by atoms with Crippen molar-refractivity contribution in [2.75, 3.05) is 26.7 Å². The van der Waals surface area contributed by atoms with Crippen LogP contribution in [-0.4, -0.2) is 69.5 Å². The van der Waals surface area contributed by atoms with Gasteiger partial charge in [-0.25, -0.2) is 13.1 Å². The average molecular weight is 490 g/mol. The largest absolute Gasteiger partial charge is 0.380 e. The lowest BCUT2D eigenvalue weighted by molar-refractivity contribution is -0.131. The number of carbonyl (C=O) groups is 1. The fourth-order valence-electron chi connectivity index (χ4n) is 5.91. The zero-order chi connectivity index (χ0) is 23.3. The Bertz CT molecular complexity index is 742. The van der Waals surface area contributed by atoms with E-state index in [0.717, 1.165) is 18.2 Å². The van der Waals surface area contributed by atoms with Gasteiger partial charge in [0.15, 0.2) is 0 Å². The van der Waals surface area contributed by atoms with Crippen LogP contribution in [0.2, 0.25) is 0 Å². The van der Waals surface area contributed by atoms with Crippen molar-refractivity contribution in [1.82, 2.24) is 14.9 Å². The molecule has 32 heavy (non-hydrogen) atoms. The summed E-state index contributed by atoms with van der Waals surface area (Å²) < 4.78 is 31.7. The van der Waals surface area contributed by atoms with Gasteiger partial charge < -0.3 is 15.0 Å². The molecule has 2 aliphatic carbocycles. The standard InChI is InChI=1S/C23H40ClN3O4S/c1-4-32(29,30)26-17-9-11-27(12-10-17)23(28)15-25-21-13-19(20(24)14-22(21)31-3)18-8-6-5-7-16(18)2/h4,16-22,25-26H,1,5-15H2,2-3H3. The first-order valence-corrected chi connectivity index (χ1v) is 14.0. The second kappa shape index (κ2) is 11.6. The van der Waals surface area contributed by atoms with E-state index in [-0.39, 0.29) is 36.0 Å². The summed E-state index contributed by atoms with van der Waals surface area (Å²) in [6, 6.07) is -0.0277. The van der Waals surface area contributed by atoms with Crippen LogP contribution in [-0.2, 0) is 19.6 Å². The van der Waals surface area contributed by atoms with Crippen LogP contribution in [0.15, 0.2) is 12.0 Å². The van der Waals surface area contributed by atoms with Gasteiger partial charge in [0, 0.05) is 43.1 Å². The van der Waals surface area contributed by atoms with Crippen LogP contribution >= 0.6 is 11.6 Å². The molecule has 0 aromatic carbocycles. The summed E-state index contributed by atoms with van der Waals surface area (Å²) in [5.74, 6) is 1.87. The van der Waals surface area contributed by atoms with E-state index in [2.05, 4.69) is 23.5 Å². The molecule has 0 bridgehead atoms. The number of hydrogen-bond donors (Lipinski definition) is 2. The van der Waals surface area contributed by atoms with E-state index >= 15 is 0 Å². The van der Waals surface area contributed by atoms with Crippen molar-refractivity contribution in [1.29, 1.82) is 0 Å². The number of amides is 1. The van der Waals surface area contributed by atoms with Gasteiger partial charge in [-0.3, -0.25) is 4.79 Å². The molecule has 1 amide bonds. The molecule has 6 atom stereocenters. The minimum Gasteiger partial charge on any atom is -0.380 e. The van der Waals surface area contributed by atoms with Crippen LogP contribution in [0.4, 0.5) is 0 Å². The van der Waals surface area contributed by atoms with Crippen molar-refractivity contribution in [3.63, 3.8) is 0 Å². The number of sulfonamides is 1. The normalized spacial score (nSPS) is 34.9. The second-order valence-corrected chi connectivity index (χ2v) is 12.0. The summed E-state index contributed by atoms with van der Waals surface area (Å²) in [6.07, 6.45) is 8.14. The van der Waals surface area contributed by atoms with Gasteiger partial charge in [0.1, 0.15) is 0 Å². The minimum absolute atomic E-state index is 0.0134. The summed E-state index contributed by atoms with van der Waals surface area (Å²) in [7, 11) is -1.71. The number of piperidine rings is 1. The lowest BCUT2D eigenvalue weighted by Crippen LogP contribution is -2.54. The van der Waals surface area contributed by atoms with Crippen molar-refractivity contribution in [2.24, 2.45) is 17.8 Å². The molecule has 3 rings (SSSR count). The molecular formula is C23H40ClN3O4S. The van der Waals surface area contributed by atoms with Gasteiger partial charge in [-0.2, -0.15) is 0 Å². The first-order chi connectivity index (χ1) is 15.2. The van der Waals surface area contributed by atoms with Crippen LogP contribution < -0.4 is 10.0 Å². The Kier molecular flexibility index (Phi) is 9.44. The molecule has 6 unspecified atom stereocenters. The molecule has 1 saturated heterocycles. The molecule has 0 aromatic rings. The summed E-state index contributed by atoms with van der Waals surface area (Å²) in [5, 5.41) is 4.53. The minimum atomic E-state index is -3.44. The Balaban J connectivity index is 1.51. The Morgan fingerprint density at radius 3 is 2.47 bits per heavy atom. The van der Waals surface area contributed by atoms with Gasteiger partial charge in [0.2, 0.25) is 15.9 Å². The average Bonchev–Trinajstić information content (AvgIpc) is 2.78. The van der Waals surface area contributed by atoms with E-state index in [1.165, 1.54) is 25.7 Å². The lowest BCUT2D eigenvalue weighted by atomic mass is 9.67. The fourth-order valence-corrected chi connectivity index (χ4v) is 7.17. The zero-order valence-electron chi connectivity index (χ0n) is 19.5. The third kappa shape index (κ3) is 6.69. The van der Waals surface area contributed by atoms with Gasteiger partial charge in [-0.1, -0.05) is 32.8 Å². The Hall–Kier alpha value is -0.670. The number of nitrogens with zero attached hydrogens (tertiary/aromatic N) is 1. The lowest BCUT2D eigenvalue weighted by Gasteiger charge is -2.45. The van der Waals surface area contributed by atoms with Crippen molar-refractivity contribution >= 4 is 27.5 Å². The third-order valence-corrected chi connectivity index (χ3v) is 9.44. The molecule has 1 heterocycles. The number of nitrogens with one attached hydrogen (secondary N) is 2. The molecular weight excluding hydrogens is 450 g/mol. The topological polar surface area (TPSA) is 87.7 Å². The summed E-state index contributed by atoms with van der Waals surface area (Å²) in [5.41, 5.74) is 0. The highest BCUT2D eigenvalue weighted by atomic mass is 35.5. The predicted molar refractivity (Wildman–Crippen MR) is 128 cm³/mol. The maximum atomic E-state index is 12.8. The first-order valence-electron chi connectivity index (χ1n) is 12.1. The second-order valence-electron chi connectivity index (χ2n) is 9.82. The Morgan fingerprint density at radius 2 is 1.84 bits per heavy atom. The van der Waals surface area contributed by atoms with Crippen molar-refractivity contribution in [3.05, 3.63) is 12.0 Å². The quantitative estimate of drug-likeness (QED) is 0.512. The number of methoxy groups -OCH3 is 1. The first kappa shape index (κ1) is 25.9. The van der Waals surface area contributed by atoms with Gasteiger partial charge in [-0.05, 0) is 49.9 Å². The number of likely N-dealkylation sites (tertiary alicyclic amines) is 1. The number of rotatable bonds is 8. The number of ether oxygens (including phenoxy) is 1. The SMILES string of the molecule is C=CS(=O)(=O)NC1CCN(C(=O)CNC2CC(C3CCCCC3C)C(Cl)CC2OC)CC1. The molecule has 0 aromatic heterocycles. The molecule has 3 fully saturated rings. The molecule has 1 aliphatic heterocycles. The molecule has 9 heteroatoms. The highest BCUT2D eigenvalue weighted by Gasteiger charge is 2.42. The highest BCUT2D eigenvalue weighted by molar-refractivity contribution is 7.92.